The van der Waals surface area contributed by atoms with Crippen LogP contribution in [0, 0.1) is 22.5 Å². The quantitative estimate of drug-likeness (QED) is 0.481. The summed E-state index contributed by atoms with van der Waals surface area (Å²) in [6.07, 6.45) is 7.01. The van der Waals surface area contributed by atoms with Gasteiger partial charge in [-0.2, -0.15) is 5.10 Å². The van der Waals surface area contributed by atoms with Crippen LogP contribution in [0.4, 0.5) is 5.69 Å². The number of benzene rings is 1. The number of aromatic nitrogens is 2. The Hall–Kier alpha value is -2.43. The molecule has 3 rings (SSSR count). The van der Waals surface area contributed by atoms with Gasteiger partial charge >= 0.3 is 0 Å². The highest BCUT2D eigenvalue weighted by atomic mass is 16.6. The van der Waals surface area contributed by atoms with E-state index in [2.05, 4.69) is 20.8 Å². The van der Waals surface area contributed by atoms with E-state index in [-0.39, 0.29) is 10.6 Å². The van der Waals surface area contributed by atoms with E-state index >= 15 is 0 Å². The summed E-state index contributed by atoms with van der Waals surface area (Å²) < 4.78 is 1.88. The fraction of sp³-hybridized carbons (Fsp3) is 0.400. The van der Waals surface area contributed by atoms with E-state index in [0.29, 0.717) is 13.2 Å². The molecule has 7 heteroatoms. The smallest absolute Gasteiger partial charge is 0.270 e. The van der Waals surface area contributed by atoms with E-state index in [1.165, 1.54) is 6.07 Å². The fourth-order valence-electron chi connectivity index (χ4n) is 2.71. The molecule has 0 spiro atoms. The lowest BCUT2D eigenvalue weighted by Gasteiger charge is -2.33. The van der Waals surface area contributed by atoms with Crippen molar-refractivity contribution in [1.82, 2.24) is 19.6 Å². The molecule has 0 aliphatic carbocycles. The Balaban J connectivity index is 1.70. The molecule has 0 N–H and O–H groups in total. The van der Waals surface area contributed by atoms with Crippen LogP contribution in [0.25, 0.3) is 10.9 Å². The van der Waals surface area contributed by atoms with Crippen LogP contribution < -0.4 is 0 Å². The van der Waals surface area contributed by atoms with E-state index in [9.17, 15) is 10.1 Å². The van der Waals surface area contributed by atoms with Crippen molar-refractivity contribution < 1.29 is 4.92 Å². The van der Waals surface area contributed by atoms with Gasteiger partial charge in [0.25, 0.3) is 5.69 Å². The lowest BCUT2D eigenvalue weighted by Crippen LogP contribution is -2.46. The number of nitrogens with zero attached hydrogens (tertiary/aromatic N) is 5. The number of hydrogen-bond donors (Lipinski definition) is 0. The number of nitro benzene ring substituents is 1. The molecule has 0 unspecified atom stereocenters. The summed E-state index contributed by atoms with van der Waals surface area (Å²) in [5.41, 5.74) is 1.01. The highest BCUT2D eigenvalue weighted by Gasteiger charge is 2.17. The Bertz CT molecular complexity index is 725. The average molecular weight is 299 g/mol. The summed E-state index contributed by atoms with van der Waals surface area (Å²) in [5.74, 6) is 2.67. The lowest BCUT2D eigenvalue weighted by atomic mass is 10.2. The van der Waals surface area contributed by atoms with Gasteiger partial charge < -0.3 is 0 Å². The summed E-state index contributed by atoms with van der Waals surface area (Å²) in [5, 5.41) is 15.9. The van der Waals surface area contributed by atoms with Crippen molar-refractivity contribution >= 4 is 16.6 Å². The van der Waals surface area contributed by atoms with Gasteiger partial charge in [0.1, 0.15) is 0 Å². The summed E-state index contributed by atoms with van der Waals surface area (Å²) in [4.78, 5) is 15.0. The average Bonchev–Trinajstić information content (AvgIpc) is 2.92. The molecule has 1 saturated heterocycles. The first-order valence-corrected chi connectivity index (χ1v) is 7.15. The molecule has 0 amide bonds. The van der Waals surface area contributed by atoms with E-state index in [0.717, 1.165) is 37.1 Å². The van der Waals surface area contributed by atoms with E-state index in [4.69, 9.17) is 6.42 Å². The number of nitro groups is 1. The fourth-order valence-corrected chi connectivity index (χ4v) is 2.71. The number of piperazine rings is 1. The molecule has 1 aromatic carbocycles. The summed E-state index contributed by atoms with van der Waals surface area (Å²) in [7, 11) is 0. The molecular weight excluding hydrogens is 282 g/mol. The van der Waals surface area contributed by atoms with Gasteiger partial charge in [0.15, 0.2) is 0 Å². The number of non-ortho nitro benzene ring substituents is 1. The van der Waals surface area contributed by atoms with Crippen molar-refractivity contribution in [2.45, 2.75) is 6.67 Å². The van der Waals surface area contributed by atoms with Gasteiger partial charge in [-0.15, -0.1) is 6.42 Å². The molecule has 0 radical (unpaired) electrons. The van der Waals surface area contributed by atoms with Gasteiger partial charge in [0.05, 0.1) is 29.9 Å². The van der Waals surface area contributed by atoms with E-state index < -0.39 is 0 Å². The maximum Gasteiger partial charge on any atom is 0.270 e. The first-order chi connectivity index (χ1) is 10.7. The Morgan fingerprint density at radius 1 is 1.27 bits per heavy atom. The minimum absolute atomic E-state index is 0.0925. The molecule has 114 valence electrons. The Morgan fingerprint density at radius 2 is 2.00 bits per heavy atom. The van der Waals surface area contributed by atoms with Crippen LogP contribution in [0.1, 0.15) is 0 Å². The second-order valence-corrected chi connectivity index (χ2v) is 5.38. The van der Waals surface area contributed by atoms with Crippen LogP contribution in [0.3, 0.4) is 0 Å². The third-order valence-electron chi connectivity index (χ3n) is 3.95. The SMILES string of the molecule is C#CCN1CCN(Cn2ncc3cc([N+](=O)[O-])ccc32)CC1. The van der Waals surface area contributed by atoms with Crippen molar-refractivity contribution in [2.75, 3.05) is 32.7 Å². The van der Waals surface area contributed by atoms with Gasteiger partial charge in [-0.05, 0) is 6.07 Å². The normalized spacial score (nSPS) is 16.7. The highest BCUT2D eigenvalue weighted by Crippen LogP contribution is 2.20. The van der Waals surface area contributed by atoms with Crippen LogP contribution in [-0.4, -0.2) is 57.2 Å². The number of fused-ring (bicyclic) bond motifs is 1. The molecular formula is C15H17N5O2. The Kier molecular flexibility index (Phi) is 4.04. The maximum absolute atomic E-state index is 10.8. The molecule has 2 heterocycles. The van der Waals surface area contributed by atoms with Crippen molar-refractivity contribution in [1.29, 1.82) is 0 Å². The summed E-state index contributed by atoms with van der Waals surface area (Å²) in [6.45, 7) is 5.17. The molecule has 0 saturated carbocycles. The van der Waals surface area contributed by atoms with Crippen LogP contribution in [0.2, 0.25) is 0 Å². The van der Waals surface area contributed by atoms with Crippen LogP contribution >= 0.6 is 0 Å². The van der Waals surface area contributed by atoms with Gasteiger partial charge in [-0.1, -0.05) is 5.92 Å². The van der Waals surface area contributed by atoms with E-state index in [1.807, 2.05) is 4.68 Å². The Morgan fingerprint density at radius 3 is 2.68 bits per heavy atom. The second kappa shape index (κ2) is 6.13. The zero-order valence-corrected chi connectivity index (χ0v) is 12.2. The van der Waals surface area contributed by atoms with Crippen LogP contribution in [0.5, 0.6) is 0 Å². The standard InChI is InChI=1S/C15H17N5O2/c1-2-5-17-6-8-18(9-7-17)12-19-15-4-3-14(20(21)22)10-13(15)11-16-19/h1,3-4,10-11H,5-9,12H2. The molecule has 1 aromatic heterocycles. The predicted octanol–water partition coefficient (Wildman–Crippen LogP) is 1.15. The first-order valence-electron chi connectivity index (χ1n) is 7.15. The minimum Gasteiger partial charge on any atom is -0.290 e. The molecule has 1 aliphatic heterocycles. The first kappa shape index (κ1) is 14.5. The third kappa shape index (κ3) is 2.93. The van der Waals surface area contributed by atoms with Crippen molar-refractivity contribution in [3.8, 4) is 12.3 Å². The second-order valence-electron chi connectivity index (χ2n) is 5.38. The van der Waals surface area contributed by atoms with Crippen molar-refractivity contribution in [3.63, 3.8) is 0 Å². The molecule has 22 heavy (non-hydrogen) atoms. The molecule has 1 fully saturated rings. The summed E-state index contributed by atoms with van der Waals surface area (Å²) in [6, 6.07) is 4.84. The maximum atomic E-state index is 10.8. The lowest BCUT2D eigenvalue weighted by molar-refractivity contribution is -0.384. The zero-order valence-electron chi connectivity index (χ0n) is 12.2. The van der Waals surface area contributed by atoms with Gasteiger partial charge in [0, 0.05) is 43.7 Å². The predicted molar refractivity (Wildman–Crippen MR) is 83.2 cm³/mol. The van der Waals surface area contributed by atoms with Gasteiger partial charge in [-0.3, -0.25) is 24.6 Å². The van der Waals surface area contributed by atoms with Gasteiger partial charge in [-0.25, -0.2) is 0 Å². The number of terminal acetylenes is 1. The molecule has 2 aromatic rings. The van der Waals surface area contributed by atoms with Crippen molar-refractivity contribution in [2.24, 2.45) is 0 Å². The van der Waals surface area contributed by atoms with E-state index in [1.54, 1.807) is 18.3 Å². The highest BCUT2D eigenvalue weighted by molar-refractivity contribution is 5.81. The largest absolute Gasteiger partial charge is 0.290 e. The third-order valence-corrected chi connectivity index (χ3v) is 3.95. The molecule has 0 bridgehead atoms. The van der Waals surface area contributed by atoms with Crippen LogP contribution in [0.15, 0.2) is 24.4 Å². The summed E-state index contributed by atoms with van der Waals surface area (Å²) >= 11 is 0. The number of hydrogen-bond acceptors (Lipinski definition) is 5. The molecule has 7 nitrogen and oxygen atoms in total. The van der Waals surface area contributed by atoms with Crippen LogP contribution in [-0.2, 0) is 6.67 Å². The minimum atomic E-state index is -0.387. The zero-order chi connectivity index (χ0) is 15.5. The Labute approximate surface area is 128 Å². The topological polar surface area (TPSA) is 67.4 Å². The van der Waals surface area contributed by atoms with Crippen molar-refractivity contribution in [3.05, 3.63) is 34.5 Å². The number of rotatable bonds is 4. The monoisotopic (exact) mass is 299 g/mol. The molecule has 1 aliphatic rings. The molecule has 0 atom stereocenters. The van der Waals surface area contributed by atoms with Gasteiger partial charge in [0.2, 0.25) is 0 Å².